The van der Waals surface area contributed by atoms with Gasteiger partial charge in [-0.15, -0.1) is 0 Å². The van der Waals surface area contributed by atoms with Crippen molar-refractivity contribution in [3.63, 3.8) is 0 Å². The minimum atomic E-state index is 0.853. The largest absolute Gasteiger partial charge is 0.456 e. The summed E-state index contributed by atoms with van der Waals surface area (Å²) >= 11 is 0. The highest BCUT2D eigenvalue weighted by Crippen LogP contribution is 2.46. The smallest absolute Gasteiger partial charge is 0.137 e. The van der Waals surface area contributed by atoms with E-state index in [2.05, 4.69) is 228 Å². The third-order valence-corrected chi connectivity index (χ3v) is 11.4. The molecule has 10 aromatic rings. The molecule has 0 radical (unpaired) electrons. The Bertz CT molecular complexity index is 3240. The lowest BCUT2D eigenvalue weighted by molar-refractivity contribution is 0.669. The molecule has 0 atom stereocenters. The van der Waals surface area contributed by atoms with Crippen LogP contribution in [0.25, 0.3) is 77.3 Å². The molecule has 2 aromatic heterocycles. The van der Waals surface area contributed by atoms with Gasteiger partial charge in [-0.2, -0.15) is 0 Å². The minimum absolute atomic E-state index is 0.853. The number of hydrogen-bond acceptors (Lipinski definition) is 2. The van der Waals surface area contributed by atoms with Crippen LogP contribution >= 0.6 is 0 Å². The maximum absolute atomic E-state index is 6.66. The second-order valence-corrected chi connectivity index (χ2v) is 14.8. The van der Waals surface area contributed by atoms with Crippen LogP contribution in [0.15, 0.2) is 223 Å². The highest BCUT2D eigenvalue weighted by atomic mass is 16.3. The van der Waals surface area contributed by atoms with Crippen molar-refractivity contribution in [2.24, 2.45) is 0 Å². The van der Waals surface area contributed by atoms with Crippen molar-refractivity contribution >= 4 is 66.4 Å². The SMILES string of the molecule is C1=CCC=CC(c2ccccc2N(c2ccc(-c3ccccc3)cc2)c2cccc3oc4ccc(-c5ccc6c(c5)c5ccccc5n6-c5ccccc5)cc4c23)=C1. The first-order chi connectivity index (χ1) is 28.8. The molecule has 11 rings (SSSR count). The van der Waals surface area contributed by atoms with Crippen LogP contribution in [-0.4, -0.2) is 4.57 Å². The molecule has 0 unspecified atom stereocenters. The van der Waals surface area contributed by atoms with Gasteiger partial charge in [0.2, 0.25) is 0 Å². The molecule has 0 fully saturated rings. The zero-order valence-corrected chi connectivity index (χ0v) is 31.8. The highest BCUT2D eigenvalue weighted by molar-refractivity contribution is 6.15. The van der Waals surface area contributed by atoms with E-state index < -0.39 is 0 Å². The summed E-state index contributed by atoms with van der Waals surface area (Å²) in [6.45, 7) is 0. The quantitative estimate of drug-likeness (QED) is 0.162. The van der Waals surface area contributed by atoms with Gasteiger partial charge in [-0.05, 0) is 107 Å². The van der Waals surface area contributed by atoms with Gasteiger partial charge in [-0.1, -0.05) is 146 Å². The number of anilines is 3. The predicted octanol–water partition coefficient (Wildman–Crippen LogP) is 15.4. The van der Waals surface area contributed by atoms with E-state index in [0.29, 0.717) is 0 Å². The lowest BCUT2D eigenvalue weighted by atomic mass is 9.98. The second kappa shape index (κ2) is 14.1. The summed E-state index contributed by atoms with van der Waals surface area (Å²) in [5.74, 6) is 0. The Balaban J connectivity index is 1.10. The fourth-order valence-electron chi connectivity index (χ4n) is 8.69. The normalized spacial score (nSPS) is 12.7. The van der Waals surface area contributed by atoms with Crippen molar-refractivity contribution in [3.8, 4) is 27.9 Å². The third kappa shape index (κ3) is 5.75. The number of rotatable bonds is 7. The number of benzene rings is 8. The van der Waals surface area contributed by atoms with Crippen LogP contribution < -0.4 is 4.90 Å². The van der Waals surface area contributed by atoms with E-state index in [9.17, 15) is 0 Å². The van der Waals surface area contributed by atoms with Gasteiger partial charge in [-0.3, -0.25) is 0 Å². The van der Waals surface area contributed by atoms with Crippen molar-refractivity contribution in [2.45, 2.75) is 6.42 Å². The molecule has 0 spiro atoms. The summed E-state index contributed by atoms with van der Waals surface area (Å²) in [5.41, 5.74) is 15.5. The van der Waals surface area contributed by atoms with Gasteiger partial charge in [0, 0.05) is 33.1 Å². The van der Waals surface area contributed by atoms with Gasteiger partial charge >= 0.3 is 0 Å². The molecule has 0 bridgehead atoms. The molecule has 58 heavy (non-hydrogen) atoms. The first-order valence-corrected chi connectivity index (χ1v) is 19.9. The fraction of sp³-hybridized carbons (Fsp3) is 0.0182. The molecule has 0 saturated carbocycles. The Morgan fingerprint density at radius 3 is 2.00 bits per heavy atom. The van der Waals surface area contributed by atoms with Gasteiger partial charge in [0.15, 0.2) is 0 Å². The van der Waals surface area contributed by atoms with Crippen LogP contribution in [0, 0.1) is 0 Å². The van der Waals surface area contributed by atoms with Crippen molar-refractivity contribution < 1.29 is 4.42 Å². The summed E-state index contributed by atoms with van der Waals surface area (Å²) in [4.78, 5) is 2.40. The molecule has 0 amide bonds. The van der Waals surface area contributed by atoms with E-state index in [4.69, 9.17) is 4.42 Å². The van der Waals surface area contributed by atoms with Crippen LogP contribution in [0.2, 0.25) is 0 Å². The van der Waals surface area contributed by atoms with Crippen molar-refractivity contribution in [2.75, 3.05) is 4.90 Å². The van der Waals surface area contributed by atoms with E-state index in [-0.39, 0.29) is 0 Å². The monoisotopic (exact) mass is 742 g/mol. The van der Waals surface area contributed by atoms with Gasteiger partial charge < -0.3 is 13.9 Å². The topological polar surface area (TPSA) is 21.3 Å². The van der Waals surface area contributed by atoms with Crippen molar-refractivity contribution in [1.82, 2.24) is 4.57 Å². The first kappa shape index (κ1) is 33.7. The highest BCUT2D eigenvalue weighted by Gasteiger charge is 2.23. The summed E-state index contributed by atoms with van der Waals surface area (Å²) < 4.78 is 9.03. The lowest BCUT2D eigenvalue weighted by Crippen LogP contribution is -2.12. The molecule has 3 heteroatoms. The summed E-state index contributed by atoms with van der Waals surface area (Å²) in [6, 6.07) is 67.5. The molecular formula is C55H38N2O. The number of nitrogens with zero attached hydrogens (tertiary/aromatic N) is 2. The number of furan rings is 1. The zero-order chi connectivity index (χ0) is 38.4. The number of hydrogen-bond donors (Lipinski definition) is 0. The first-order valence-electron chi connectivity index (χ1n) is 19.9. The maximum Gasteiger partial charge on any atom is 0.137 e. The summed E-state index contributed by atoms with van der Waals surface area (Å²) in [7, 11) is 0. The van der Waals surface area contributed by atoms with Gasteiger partial charge in [0.25, 0.3) is 0 Å². The molecule has 274 valence electrons. The molecule has 0 saturated heterocycles. The Labute approximate surface area is 337 Å². The fourth-order valence-corrected chi connectivity index (χ4v) is 8.69. The minimum Gasteiger partial charge on any atom is -0.456 e. The van der Waals surface area contributed by atoms with Crippen molar-refractivity contribution in [3.05, 3.63) is 224 Å². The van der Waals surface area contributed by atoms with Crippen LogP contribution in [0.3, 0.4) is 0 Å². The number of para-hydroxylation sites is 3. The Hall–Kier alpha value is -7.62. The number of allylic oxidation sites excluding steroid dienone is 6. The van der Waals surface area contributed by atoms with Crippen LogP contribution in [-0.2, 0) is 0 Å². The van der Waals surface area contributed by atoms with E-state index in [1.165, 1.54) is 38.5 Å². The Morgan fingerprint density at radius 1 is 0.466 bits per heavy atom. The number of aromatic nitrogens is 1. The van der Waals surface area contributed by atoms with Gasteiger partial charge in [0.05, 0.1) is 27.8 Å². The van der Waals surface area contributed by atoms with E-state index in [1.54, 1.807) is 0 Å². The lowest BCUT2D eigenvalue weighted by Gasteiger charge is -2.29. The van der Waals surface area contributed by atoms with Crippen LogP contribution in [0.4, 0.5) is 17.1 Å². The predicted molar refractivity (Wildman–Crippen MR) is 244 cm³/mol. The summed E-state index contributed by atoms with van der Waals surface area (Å²) in [5, 5.41) is 4.62. The zero-order valence-electron chi connectivity index (χ0n) is 31.8. The standard InChI is InChI=1S/C55H38N2O/c1-2-6-19-40(18-5-1)45-22-11-13-24-49(45)57(44-32-28-39(29-33-44)38-16-7-3-8-17-38)52-26-15-27-54-55(52)48-37-42(31-35-53(48)58-54)41-30-34-51-47(36-41)46-23-12-14-25-50(46)56(51)43-20-9-4-10-21-43/h1,3-37H,2H2. The van der Waals surface area contributed by atoms with Crippen molar-refractivity contribution in [1.29, 1.82) is 0 Å². The average Bonchev–Trinajstić information content (AvgIpc) is 3.69. The molecule has 2 heterocycles. The Morgan fingerprint density at radius 2 is 1.14 bits per heavy atom. The van der Waals surface area contributed by atoms with E-state index >= 15 is 0 Å². The molecule has 0 N–H and O–H groups in total. The second-order valence-electron chi connectivity index (χ2n) is 14.8. The molecule has 0 aliphatic heterocycles. The molecule has 3 nitrogen and oxygen atoms in total. The van der Waals surface area contributed by atoms with Crippen LogP contribution in [0.1, 0.15) is 12.0 Å². The molecule has 1 aliphatic carbocycles. The van der Waals surface area contributed by atoms with Gasteiger partial charge in [-0.25, -0.2) is 0 Å². The third-order valence-electron chi connectivity index (χ3n) is 11.4. The van der Waals surface area contributed by atoms with Crippen LogP contribution in [0.5, 0.6) is 0 Å². The molecule has 8 aromatic carbocycles. The average molecular weight is 743 g/mol. The Kier molecular flexibility index (Phi) is 8.22. The number of fused-ring (bicyclic) bond motifs is 6. The van der Waals surface area contributed by atoms with Gasteiger partial charge in [0.1, 0.15) is 11.2 Å². The van der Waals surface area contributed by atoms with E-state index in [0.717, 1.165) is 67.8 Å². The van der Waals surface area contributed by atoms with E-state index in [1.807, 2.05) is 0 Å². The molecule has 1 aliphatic rings. The maximum atomic E-state index is 6.66. The summed E-state index contributed by atoms with van der Waals surface area (Å²) in [6.07, 6.45) is 12.0. The molecular weight excluding hydrogens is 705 g/mol.